The van der Waals surface area contributed by atoms with Crippen molar-refractivity contribution in [1.29, 1.82) is 0 Å². The van der Waals surface area contributed by atoms with Crippen molar-refractivity contribution >= 4 is 11.8 Å². The summed E-state index contributed by atoms with van der Waals surface area (Å²) in [7, 11) is 3.19. The highest BCUT2D eigenvalue weighted by molar-refractivity contribution is 6.07. The predicted molar refractivity (Wildman–Crippen MR) is 68.7 cm³/mol. The molecule has 1 aromatic carbocycles. The van der Waals surface area contributed by atoms with E-state index in [0.717, 1.165) is 5.56 Å². The molecule has 2 aliphatic heterocycles. The average Bonchev–Trinajstić information content (AvgIpc) is 2.90. The monoisotopic (exact) mass is 277 g/mol. The minimum Gasteiger partial charge on any atom is -0.504 e. The normalized spacial score (nSPS) is 29.4. The van der Waals surface area contributed by atoms with Gasteiger partial charge >= 0.3 is 0 Å². The Morgan fingerprint density at radius 1 is 1.30 bits per heavy atom. The molecule has 0 saturated carbocycles. The number of carbonyl (C=O) groups excluding carboxylic acids is 2. The van der Waals surface area contributed by atoms with Crippen LogP contribution in [0.15, 0.2) is 18.2 Å². The standard InChI is InChI=1S/C13H15N3O4/c1-16-11-9(12(18)14-13(11)19)10(15-16)6-3-4-7(17)8(5-6)20-2/h3-5,9-11,15,17H,1-2H3,(H,14,18,19)/t9-,10-,11-/m0/s1. The lowest BCUT2D eigenvalue weighted by Crippen LogP contribution is -2.41. The van der Waals surface area contributed by atoms with Gasteiger partial charge in [0.05, 0.1) is 19.1 Å². The number of benzene rings is 1. The smallest absolute Gasteiger partial charge is 0.246 e. The lowest BCUT2D eigenvalue weighted by Gasteiger charge is -2.18. The number of methoxy groups -OCH3 is 1. The molecule has 3 N–H and O–H groups in total. The van der Waals surface area contributed by atoms with E-state index in [0.29, 0.717) is 5.75 Å². The highest BCUT2D eigenvalue weighted by Crippen LogP contribution is 2.38. The van der Waals surface area contributed by atoms with Crippen LogP contribution in [0.2, 0.25) is 0 Å². The fourth-order valence-corrected chi connectivity index (χ4v) is 2.89. The number of nitrogens with one attached hydrogen (secondary N) is 2. The number of imide groups is 1. The topological polar surface area (TPSA) is 90.9 Å². The second-order valence-electron chi connectivity index (χ2n) is 4.97. The van der Waals surface area contributed by atoms with Crippen molar-refractivity contribution in [2.24, 2.45) is 5.92 Å². The summed E-state index contributed by atoms with van der Waals surface area (Å²) in [5, 5.41) is 13.6. The Bertz CT molecular complexity index is 589. The number of phenolic OH excluding ortho intramolecular Hbond substituents is 1. The maximum absolute atomic E-state index is 11.9. The van der Waals surface area contributed by atoms with Crippen LogP contribution in [0.25, 0.3) is 0 Å². The summed E-state index contributed by atoms with van der Waals surface area (Å²) in [5.74, 6) is -0.690. The van der Waals surface area contributed by atoms with Crippen molar-refractivity contribution in [1.82, 2.24) is 15.8 Å². The minimum atomic E-state index is -0.507. The van der Waals surface area contributed by atoms with Crippen molar-refractivity contribution in [2.45, 2.75) is 12.1 Å². The van der Waals surface area contributed by atoms with Gasteiger partial charge in [-0.1, -0.05) is 6.07 Å². The van der Waals surface area contributed by atoms with Crippen LogP contribution >= 0.6 is 0 Å². The van der Waals surface area contributed by atoms with Gasteiger partial charge in [-0.3, -0.25) is 14.9 Å². The van der Waals surface area contributed by atoms with E-state index in [9.17, 15) is 14.7 Å². The Morgan fingerprint density at radius 3 is 2.75 bits per heavy atom. The van der Waals surface area contributed by atoms with Gasteiger partial charge in [-0.15, -0.1) is 0 Å². The molecular formula is C13H15N3O4. The summed E-state index contributed by atoms with van der Waals surface area (Å²) in [6.07, 6.45) is 0. The van der Waals surface area contributed by atoms with Crippen molar-refractivity contribution in [2.75, 3.05) is 14.2 Å². The van der Waals surface area contributed by atoms with Crippen LogP contribution in [0.5, 0.6) is 11.5 Å². The van der Waals surface area contributed by atoms with Crippen LogP contribution < -0.4 is 15.5 Å². The van der Waals surface area contributed by atoms with Gasteiger partial charge in [0.15, 0.2) is 11.5 Å². The zero-order chi connectivity index (χ0) is 14.4. The number of ether oxygens (including phenoxy) is 1. The Labute approximate surface area is 115 Å². The number of phenols is 1. The maximum atomic E-state index is 11.9. The second-order valence-corrected chi connectivity index (χ2v) is 4.97. The molecule has 7 heteroatoms. The number of hydrazine groups is 1. The summed E-state index contributed by atoms with van der Waals surface area (Å²) in [5.41, 5.74) is 3.90. The first kappa shape index (κ1) is 12.9. The molecule has 106 valence electrons. The summed E-state index contributed by atoms with van der Waals surface area (Å²) in [6, 6.07) is 4.05. The number of hydrogen-bond acceptors (Lipinski definition) is 6. The quantitative estimate of drug-likeness (QED) is 0.633. The predicted octanol–water partition coefficient (Wildman–Crippen LogP) is -0.467. The molecule has 7 nitrogen and oxygen atoms in total. The van der Waals surface area contributed by atoms with E-state index < -0.39 is 12.0 Å². The van der Waals surface area contributed by atoms with Crippen molar-refractivity contribution in [3.63, 3.8) is 0 Å². The van der Waals surface area contributed by atoms with Gasteiger partial charge in [0.25, 0.3) is 0 Å². The Balaban J connectivity index is 1.99. The first-order valence-corrected chi connectivity index (χ1v) is 6.23. The molecule has 2 heterocycles. The van der Waals surface area contributed by atoms with Gasteiger partial charge in [-0.2, -0.15) is 0 Å². The van der Waals surface area contributed by atoms with E-state index in [4.69, 9.17) is 4.74 Å². The van der Waals surface area contributed by atoms with Crippen LogP contribution in [-0.4, -0.2) is 42.1 Å². The van der Waals surface area contributed by atoms with Crippen molar-refractivity contribution in [3.8, 4) is 11.5 Å². The molecule has 2 aliphatic rings. The van der Waals surface area contributed by atoms with E-state index >= 15 is 0 Å². The number of aromatic hydroxyl groups is 1. The number of hydrogen-bond donors (Lipinski definition) is 3. The fraction of sp³-hybridized carbons (Fsp3) is 0.385. The van der Waals surface area contributed by atoms with Crippen LogP contribution in [0.1, 0.15) is 11.6 Å². The molecule has 0 radical (unpaired) electrons. The van der Waals surface area contributed by atoms with E-state index in [1.54, 1.807) is 24.2 Å². The Kier molecular flexibility index (Phi) is 2.88. The average molecular weight is 277 g/mol. The molecular weight excluding hydrogens is 262 g/mol. The molecule has 0 spiro atoms. The van der Waals surface area contributed by atoms with Gasteiger partial charge in [0.1, 0.15) is 6.04 Å². The highest BCUT2D eigenvalue weighted by Gasteiger charge is 2.53. The number of fused-ring (bicyclic) bond motifs is 1. The van der Waals surface area contributed by atoms with E-state index in [1.165, 1.54) is 13.2 Å². The molecule has 0 unspecified atom stereocenters. The first-order valence-electron chi connectivity index (χ1n) is 6.23. The summed E-state index contributed by atoms with van der Waals surface area (Å²) in [4.78, 5) is 23.7. The number of nitrogens with zero attached hydrogens (tertiary/aromatic N) is 1. The molecule has 2 fully saturated rings. The van der Waals surface area contributed by atoms with E-state index in [-0.39, 0.29) is 23.6 Å². The van der Waals surface area contributed by atoms with Gasteiger partial charge in [0.2, 0.25) is 11.8 Å². The van der Waals surface area contributed by atoms with Gasteiger partial charge in [-0.25, -0.2) is 10.4 Å². The number of rotatable bonds is 2. The zero-order valence-electron chi connectivity index (χ0n) is 11.1. The van der Waals surface area contributed by atoms with Crippen LogP contribution in [-0.2, 0) is 9.59 Å². The molecule has 3 rings (SSSR count). The molecule has 0 aromatic heterocycles. The molecule has 3 atom stereocenters. The summed E-state index contributed by atoms with van der Waals surface area (Å²) in [6.45, 7) is 0. The lowest BCUT2D eigenvalue weighted by atomic mass is 9.91. The summed E-state index contributed by atoms with van der Waals surface area (Å²) < 4.78 is 5.07. The molecule has 20 heavy (non-hydrogen) atoms. The molecule has 0 aliphatic carbocycles. The lowest BCUT2D eigenvalue weighted by molar-refractivity contribution is -0.127. The molecule has 2 amide bonds. The van der Waals surface area contributed by atoms with Crippen LogP contribution in [0, 0.1) is 5.92 Å². The third kappa shape index (κ3) is 1.75. The van der Waals surface area contributed by atoms with E-state index in [2.05, 4.69) is 10.7 Å². The number of carbonyl (C=O) groups is 2. The highest BCUT2D eigenvalue weighted by atomic mass is 16.5. The molecule has 2 saturated heterocycles. The number of likely N-dealkylation sites (N-methyl/N-ethyl adjacent to an activating group) is 1. The largest absolute Gasteiger partial charge is 0.504 e. The fourth-order valence-electron chi connectivity index (χ4n) is 2.89. The van der Waals surface area contributed by atoms with Crippen LogP contribution in [0.3, 0.4) is 0 Å². The second kappa shape index (κ2) is 4.46. The number of amides is 2. The van der Waals surface area contributed by atoms with Gasteiger partial charge in [-0.05, 0) is 17.7 Å². The van der Waals surface area contributed by atoms with Crippen molar-refractivity contribution in [3.05, 3.63) is 23.8 Å². The third-order valence-electron chi connectivity index (χ3n) is 3.84. The maximum Gasteiger partial charge on any atom is 0.246 e. The third-order valence-corrected chi connectivity index (χ3v) is 3.84. The zero-order valence-corrected chi connectivity index (χ0v) is 11.1. The first-order chi connectivity index (χ1) is 9.52. The summed E-state index contributed by atoms with van der Waals surface area (Å²) >= 11 is 0. The Hall–Kier alpha value is -2.12. The van der Waals surface area contributed by atoms with Gasteiger partial charge < -0.3 is 9.84 Å². The molecule has 0 bridgehead atoms. The van der Waals surface area contributed by atoms with Crippen LogP contribution in [0.4, 0.5) is 0 Å². The minimum absolute atomic E-state index is 0.0334. The Morgan fingerprint density at radius 2 is 2.05 bits per heavy atom. The SMILES string of the molecule is COc1cc([C@@H]2NN(C)[C@@H]3C(=O)NC(=O)[C@H]32)ccc1O. The van der Waals surface area contributed by atoms with Crippen molar-refractivity contribution < 1.29 is 19.4 Å². The van der Waals surface area contributed by atoms with Gasteiger partial charge in [0, 0.05) is 7.05 Å². The van der Waals surface area contributed by atoms with E-state index in [1.807, 2.05) is 0 Å². The molecule has 1 aromatic rings.